The van der Waals surface area contributed by atoms with Crippen LogP contribution >= 0.6 is 0 Å². The third-order valence-electron chi connectivity index (χ3n) is 3.19. The van der Waals surface area contributed by atoms with Gasteiger partial charge in [-0.2, -0.15) is 5.26 Å². The predicted octanol–water partition coefficient (Wildman–Crippen LogP) is 3.99. The quantitative estimate of drug-likeness (QED) is 0.708. The van der Waals surface area contributed by atoms with E-state index in [0.717, 1.165) is 22.5 Å². The lowest BCUT2D eigenvalue weighted by Crippen LogP contribution is -1.94. The fourth-order valence-electron chi connectivity index (χ4n) is 2.22. The van der Waals surface area contributed by atoms with Gasteiger partial charge in [-0.1, -0.05) is 42.5 Å². The van der Waals surface area contributed by atoms with Crippen molar-refractivity contribution in [1.82, 2.24) is 9.97 Å². The maximum absolute atomic E-state index is 9.01. The van der Waals surface area contributed by atoms with Crippen molar-refractivity contribution in [3.8, 4) is 28.6 Å². The summed E-state index contributed by atoms with van der Waals surface area (Å²) in [5, 5.41) is 9.01. The summed E-state index contributed by atoms with van der Waals surface area (Å²) in [5.41, 5.74) is 4.33. The second-order valence-corrected chi connectivity index (χ2v) is 4.74. The first-order chi connectivity index (χ1) is 10.3. The molecule has 0 spiro atoms. The Kier molecular flexibility index (Phi) is 3.44. The Morgan fingerprint density at radius 1 is 0.810 bits per heavy atom. The van der Waals surface area contributed by atoms with E-state index in [0.29, 0.717) is 11.4 Å². The van der Waals surface area contributed by atoms with Gasteiger partial charge < -0.3 is 0 Å². The van der Waals surface area contributed by atoms with Crippen LogP contribution in [0.25, 0.3) is 22.5 Å². The third-order valence-corrected chi connectivity index (χ3v) is 3.19. The van der Waals surface area contributed by atoms with Crippen LogP contribution < -0.4 is 0 Å². The van der Waals surface area contributed by atoms with Gasteiger partial charge in [0.15, 0.2) is 0 Å². The number of hydrogen-bond acceptors (Lipinski definition) is 3. The van der Waals surface area contributed by atoms with Gasteiger partial charge in [-0.25, -0.2) is 9.97 Å². The van der Waals surface area contributed by atoms with E-state index in [2.05, 4.69) is 16.0 Å². The molecule has 0 radical (unpaired) electrons. The molecule has 0 unspecified atom stereocenters. The first-order valence-electron chi connectivity index (χ1n) is 6.68. The van der Waals surface area contributed by atoms with Crippen LogP contribution in [0.15, 0.2) is 60.7 Å². The summed E-state index contributed by atoms with van der Waals surface area (Å²) >= 11 is 0. The lowest BCUT2D eigenvalue weighted by Gasteiger charge is -2.07. The van der Waals surface area contributed by atoms with E-state index >= 15 is 0 Å². The average Bonchev–Trinajstić information content (AvgIpc) is 2.55. The van der Waals surface area contributed by atoms with Gasteiger partial charge >= 0.3 is 0 Å². The van der Waals surface area contributed by atoms with E-state index in [4.69, 9.17) is 5.26 Å². The summed E-state index contributed by atoms with van der Waals surface area (Å²) in [6.07, 6.45) is 0. The fourth-order valence-corrected chi connectivity index (χ4v) is 2.22. The van der Waals surface area contributed by atoms with Crippen molar-refractivity contribution in [2.24, 2.45) is 0 Å². The summed E-state index contributed by atoms with van der Waals surface area (Å²) in [6, 6.07) is 21.6. The van der Waals surface area contributed by atoms with Gasteiger partial charge in [-0.3, -0.25) is 0 Å². The SMILES string of the molecule is Cc1nc(-c2ccccc2)cc(-c2cccc(C#N)c2)n1. The molecule has 2 aromatic carbocycles. The molecule has 100 valence electrons. The summed E-state index contributed by atoms with van der Waals surface area (Å²) in [5.74, 6) is 0.716. The van der Waals surface area contributed by atoms with E-state index in [-0.39, 0.29) is 0 Å². The number of rotatable bonds is 2. The van der Waals surface area contributed by atoms with Gasteiger partial charge in [0.2, 0.25) is 0 Å². The van der Waals surface area contributed by atoms with Crippen molar-refractivity contribution < 1.29 is 0 Å². The normalized spacial score (nSPS) is 10.1. The lowest BCUT2D eigenvalue weighted by molar-refractivity contribution is 1.06. The Hall–Kier alpha value is -2.99. The van der Waals surface area contributed by atoms with Crippen LogP contribution in [0.5, 0.6) is 0 Å². The maximum Gasteiger partial charge on any atom is 0.126 e. The largest absolute Gasteiger partial charge is 0.233 e. The number of aryl methyl sites for hydroxylation is 1. The summed E-state index contributed by atoms with van der Waals surface area (Å²) in [6.45, 7) is 1.88. The van der Waals surface area contributed by atoms with Crippen molar-refractivity contribution in [3.05, 3.63) is 72.1 Å². The predicted molar refractivity (Wildman–Crippen MR) is 82.4 cm³/mol. The Balaban J connectivity index is 2.12. The van der Waals surface area contributed by atoms with Crippen molar-refractivity contribution >= 4 is 0 Å². The molecule has 0 N–H and O–H groups in total. The smallest absolute Gasteiger partial charge is 0.126 e. The van der Waals surface area contributed by atoms with E-state index in [1.54, 1.807) is 6.07 Å². The second-order valence-electron chi connectivity index (χ2n) is 4.74. The average molecular weight is 271 g/mol. The molecule has 0 saturated carbocycles. The van der Waals surface area contributed by atoms with Crippen LogP contribution in [0, 0.1) is 18.3 Å². The van der Waals surface area contributed by atoms with Gasteiger partial charge in [-0.05, 0) is 25.1 Å². The minimum absolute atomic E-state index is 0.630. The molecule has 0 aliphatic carbocycles. The molecule has 1 aromatic heterocycles. The van der Waals surface area contributed by atoms with Gasteiger partial charge in [0, 0.05) is 11.1 Å². The van der Waals surface area contributed by atoms with E-state index in [1.807, 2.05) is 61.5 Å². The van der Waals surface area contributed by atoms with Crippen LogP contribution in [0.1, 0.15) is 11.4 Å². The summed E-state index contributed by atoms with van der Waals surface area (Å²) in [7, 11) is 0. The van der Waals surface area contributed by atoms with Gasteiger partial charge in [0.25, 0.3) is 0 Å². The highest BCUT2D eigenvalue weighted by Gasteiger charge is 2.06. The van der Waals surface area contributed by atoms with Crippen molar-refractivity contribution in [1.29, 1.82) is 5.26 Å². The van der Waals surface area contributed by atoms with Crippen LogP contribution in [0.4, 0.5) is 0 Å². The van der Waals surface area contributed by atoms with Crippen molar-refractivity contribution in [2.75, 3.05) is 0 Å². The second kappa shape index (κ2) is 5.56. The zero-order valence-electron chi connectivity index (χ0n) is 11.6. The summed E-state index contributed by atoms with van der Waals surface area (Å²) < 4.78 is 0. The number of nitriles is 1. The minimum Gasteiger partial charge on any atom is -0.233 e. The van der Waals surface area contributed by atoms with Gasteiger partial charge in [0.1, 0.15) is 5.82 Å². The number of benzene rings is 2. The standard InChI is InChI=1S/C18H13N3/c1-13-20-17(15-7-3-2-4-8-15)11-18(21-13)16-9-5-6-14(10-16)12-19/h2-11H,1H3. The third kappa shape index (κ3) is 2.80. The molecule has 3 nitrogen and oxygen atoms in total. The molecule has 3 aromatic rings. The van der Waals surface area contributed by atoms with E-state index < -0.39 is 0 Å². The molecular weight excluding hydrogens is 258 g/mol. The van der Waals surface area contributed by atoms with Gasteiger partial charge in [0.05, 0.1) is 23.0 Å². The molecule has 0 amide bonds. The number of hydrogen-bond donors (Lipinski definition) is 0. The molecule has 0 atom stereocenters. The topological polar surface area (TPSA) is 49.6 Å². The molecular formula is C18H13N3. The van der Waals surface area contributed by atoms with Crippen LogP contribution in [-0.2, 0) is 0 Å². The number of nitrogens with zero attached hydrogens (tertiary/aromatic N) is 3. The van der Waals surface area contributed by atoms with Crippen molar-refractivity contribution in [2.45, 2.75) is 6.92 Å². The molecule has 0 saturated heterocycles. The highest BCUT2D eigenvalue weighted by Crippen LogP contribution is 2.24. The van der Waals surface area contributed by atoms with E-state index in [1.165, 1.54) is 0 Å². The maximum atomic E-state index is 9.01. The van der Waals surface area contributed by atoms with Gasteiger partial charge in [-0.15, -0.1) is 0 Å². The number of aromatic nitrogens is 2. The molecule has 3 heteroatoms. The van der Waals surface area contributed by atoms with Crippen molar-refractivity contribution in [3.63, 3.8) is 0 Å². The minimum atomic E-state index is 0.630. The molecule has 0 bridgehead atoms. The molecule has 0 aliphatic rings. The Morgan fingerprint density at radius 2 is 1.48 bits per heavy atom. The first kappa shape index (κ1) is 13.0. The molecule has 0 aliphatic heterocycles. The molecule has 21 heavy (non-hydrogen) atoms. The molecule has 3 rings (SSSR count). The van der Waals surface area contributed by atoms with E-state index in [9.17, 15) is 0 Å². The first-order valence-corrected chi connectivity index (χ1v) is 6.68. The monoisotopic (exact) mass is 271 g/mol. The Morgan fingerprint density at radius 3 is 2.19 bits per heavy atom. The van der Waals surface area contributed by atoms with Crippen LogP contribution in [0.3, 0.4) is 0 Å². The fraction of sp³-hybridized carbons (Fsp3) is 0.0556. The molecule has 1 heterocycles. The summed E-state index contributed by atoms with van der Waals surface area (Å²) in [4.78, 5) is 8.98. The Labute approximate surface area is 123 Å². The lowest BCUT2D eigenvalue weighted by atomic mass is 10.1. The zero-order chi connectivity index (χ0) is 14.7. The van der Waals surface area contributed by atoms with Crippen LogP contribution in [-0.4, -0.2) is 9.97 Å². The zero-order valence-corrected chi connectivity index (χ0v) is 11.6. The Bertz CT molecular complexity index is 817. The molecule has 0 fully saturated rings. The highest BCUT2D eigenvalue weighted by atomic mass is 14.9. The van der Waals surface area contributed by atoms with Crippen LogP contribution in [0.2, 0.25) is 0 Å². The highest BCUT2D eigenvalue weighted by molar-refractivity contribution is 5.68.